The molecular weight excluding hydrogens is 511 g/mol. The van der Waals surface area contributed by atoms with Crippen molar-refractivity contribution in [2.24, 2.45) is 0 Å². The van der Waals surface area contributed by atoms with Crippen LogP contribution in [0.4, 0.5) is 19.0 Å². The number of aliphatic hydroxyl groups excluding tert-OH is 1. The van der Waals surface area contributed by atoms with E-state index < -0.39 is 11.9 Å². The monoisotopic (exact) mass is 539 g/mol. The summed E-state index contributed by atoms with van der Waals surface area (Å²) in [4.78, 5) is 21.6. The predicted molar refractivity (Wildman–Crippen MR) is 138 cm³/mol. The molecule has 1 aliphatic rings. The average Bonchev–Trinajstić information content (AvgIpc) is 3.67. The second kappa shape index (κ2) is 10.6. The number of methoxy groups -OCH3 is 1. The fourth-order valence-corrected chi connectivity index (χ4v) is 4.30. The number of ether oxygens (including phenoxy) is 1. The number of aliphatic hydroxyl groups is 1. The average molecular weight is 540 g/mol. The Morgan fingerprint density at radius 1 is 1.10 bits per heavy atom. The van der Waals surface area contributed by atoms with Crippen molar-refractivity contribution >= 4 is 5.82 Å². The van der Waals surface area contributed by atoms with Gasteiger partial charge in [0.2, 0.25) is 5.88 Å². The standard InChI is InChI=1S/C27H28F3N7O2/c1-15(2)37-12-20(27(28,29)30)35-25(37)18-6-4-16(5-7-18)10-31-23-19(13-38)11-32-24(36-23)21-22(17-8-9-17)33-14-34-26(21)39-3/h4-7,11-12,14-15,17,38H,8-10,13H2,1-3H3,(H,31,32,36). The normalized spacial score (nSPS) is 13.6. The van der Waals surface area contributed by atoms with E-state index in [4.69, 9.17) is 4.74 Å². The molecule has 9 nitrogen and oxygen atoms in total. The molecule has 0 aliphatic heterocycles. The SMILES string of the molecule is COc1ncnc(C2CC2)c1-c1ncc(CO)c(NCc2ccc(-c3nc(C(F)(F)F)cn3C(C)C)cc2)n1. The summed E-state index contributed by atoms with van der Waals surface area (Å²) in [5, 5.41) is 13.1. The van der Waals surface area contributed by atoms with Crippen molar-refractivity contribution in [2.45, 2.75) is 58.0 Å². The van der Waals surface area contributed by atoms with Crippen LogP contribution in [-0.2, 0) is 19.3 Å². The van der Waals surface area contributed by atoms with Gasteiger partial charge in [-0.05, 0) is 32.3 Å². The number of alkyl halides is 3. The summed E-state index contributed by atoms with van der Waals surface area (Å²) in [6.45, 7) is 3.71. The fourth-order valence-electron chi connectivity index (χ4n) is 4.30. The van der Waals surface area contributed by atoms with E-state index in [1.807, 2.05) is 26.0 Å². The molecule has 4 aromatic rings. The van der Waals surface area contributed by atoms with E-state index in [2.05, 4.69) is 30.2 Å². The van der Waals surface area contributed by atoms with Crippen molar-refractivity contribution < 1.29 is 23.0 Å². The topological polar surface area (TPSA) is 111 Å². The first-order valence-electron chi connectivity index (χ1n) is 12.5. The molecule has 3 aromatic heterocycles. The van der Waals surface area contributed by atoms with Crippen LogP contribution in [-0.4, -0.2) is 41.7 Å². The van der Waals surface area contributed by atoms with Crippen LogP contribution in [0.15, 0.2) is 43.0 Å². The molecular formula is C27H28F3N7O2. The minimum atomic E-state index is -4.52. The molecule has 1 aliphatic carbocycles. The van der Waals surface area contributed by atoms with Crippen LogP contribution in [0, 0.1) is 0 Å². The Morgan fingerprint density at radius 2 is 1.85 bits per heavy atom. The Bertz CT molecular complexity index is 1470. The number of hydrogen-bond donors (Lipinski definition) is 2. The molecule has 0 amide bonds. The van der Waals surface area contributed by atoms with Gasteiger partial charge in [-0.1, -0.05) is 24.3 Å². The zero-order valence-corrected chi connectivity index (χ0v) is 21.7. The largest absolute Gasteiger partial charge is 0.480 e. The summed E-state index contributed by atoms with van der Waals surface area (Å²) in [5.74, 6) is 1.80. The highest BCUT2D eigenvalue weighted by atomic mass is 19.4. The van der Waals surface area contributed by atoms with Gasteiger partial charge in [-0.3, -0.25) is 0 Å². The molecule has 0 unspecified atom stereocenters. The van der Waals surface area contributed by atoms with Crippen LogP contribution in [0.3, 0.4) is 0 Å². The van der Waals surface area contributed by atoms with Gasteiger partial charge in [0, 0.05) is 42.0 Å². The molecule has 3 heterocycles. The third-order valence-corrected chi connectivity index (χ3v) is 6.51. The maximum atomic E-state index is 13.3. The Morgan fingerprint density at radius 3 is 2.46 bits per heavy atom. The lowest BCUT2D eigenvalue weighted by Gasteiger charge is -2.14. The van der Waals surface area contributed by atoms with Gasteiger partial charge in [0.05, 0.1) is 19.4 Å². The van der Waals surface area contributed by atoms with E-state index in [9.17, 15) is 18.3 Å². The molecule has 0 saturated heterocycles. The highest BCUT2D eigenvalue weighted by Gasteiger charge is 2.35. The quantitative estimate of drug-likeness (QED) is 0.291. The number of benzene rings is 1. The predicted octanol–water partition coefficient (Wildman–Crippen LogP) is 5.39. The van der Waals surface area contributed by atoms with Crippen LogP contribution in [0.5, 0.6) is 5.88 Å². The first-order chi connectivity index (χ1) is 18.7. The Hall–Kier alpha value is -4.06. The summed E-state index contributed by atoms with van der Waals surface area (Å²) in [5.41, 5.74) is 2.51. The molecule has 12 heteroatoms. The van der Waals surface area contributed by atoms with E-state index in [1.165, 1.54) is 18.0 Å². The van der Waals surface area contributed by atoms with Gasteiger partial charge >= 0.3 is 6.18 Å². The van der Waals surface area contributed by atoms with E-state index >= 15 is 0 Å². The molecule has 204 valence electrons. The van der Waals surface area contributed by atoms with Gasteiger partial charge < -0.3 is 19.7 Å². The second-order valence-electron chi connectivity index (χ2n) is 9.64. The van der Waals surface area contributed by atoms with Gasteiger partial charge in [0.25, 0.3) is 0 Å². The third kappa shape index (κ3) is 5.56. The molecule has 0 radical (unpaired) electrons. The number of halogens is 3. The number of imidazole rings is 1. The van der Waals surface area contributed by atoms with Crippen molar-refractivity contribution in [1.82, 2.24) is 29.5 Å². The third-order valence-electron chi connectivity index (χ3n) is 6.51. The summed E-state index contributed by atoms with van der Waals surface area (Å²) in [7, 11) is 1.53. The maximum absolute atomic E-state index is 13.3. The van der Waals surface area contributed by atoms with E-state index in [0.717, 1.165) is 30.3 Å². The van der Waals surface area contributed by atoms with Crippen molar-refractivity contribution in [2.75, 3.05) is 12.4 Å². The molecule has 0 atom stereocenters. The van der Waals surface area contributed by atoms with Gasteiger partial charge in [0.1, 0.15) is 23.5 Å². The second-order valence-corrected chi connectivity index (χ2v) is 9.64. The molecule has 1 saturated carbocycles. The number of hydrogen-bond acceptors (Lipinski definition) is 8. The Balaban J connectivity index is 1.39. The lowest BCUT2D eigenvalue weighted by Crippen LogP contribution is -2.08. The van der Waals surface area contributed by atoms with Crippen LogP contribution < -0.4 is 10.1 Å². The van der Waals surface area contributed by atoms with Crippen LogP contribution in [0.2, 0.25) is 0 Å². The Labute approximate surface area is 223 Å². The Kier molecular flexibility index (Phi) is 7.21. The number of aromatic nitrogens is 6. The number of nitrogens with one attached hydrogen (secondary N) is 1. The van der Waals surface area contributed by atoms with Crippen molar-refractivity contribution in [3.05, 3.63) is 65.5 Å². The minimum Gasteiger partial charge on any atom is -0.480 e. The maximum Gasteiger partial charge on any atom is 0.434 e. The van der Waals surface area contributed by atoms with Gasteiger partial charge in [-0.15, -0.1) is 0 Å². The molecule has 0 bridgehead atoms. The highest BCUT2D eigenvalue weighted by Crippen LogP contribution is 2.45. The minimum absolute atomic E-state index is 0.192. The van der Waals surface area contributed by atoms with Crippen LogP contribution >= 0.6 is 0 Å². The molecule has 1 aromatic carbocycles. The first-order valence-corrected chi connectivity index (χ1v) is 12.5. The molecule has 2 N–H and O–H groups in total. The van der Waals surface area contributed by atoms with Gasteiger partial charge in [-0.2, -0.15) is 13.2 Å². The molecule has 1 fully saturated rings. The first kappa shape index (κ1) is 26.5. The zero-order valence-electron chi connectivity index (χ0n) is 21.7. The lowest BCUT2D eigenvalue weighted by molar-refractivity contribution is -0.140. The van der Waals surface area contributed by atoms with Crippen LogP contribution in [0.1, 0.15) is 61.2 Å². The summed E-state index contributed by atoms with van der Waals surface area (Å²) >= 11 is 0. The number of anilines is 1. The fraction of sp³-hybridized carbons (Fsp3) is 0.370. The summed E-state index contributed by atoms with van der Waals surface area (Å²) in [6, 6.07) is 6.92. The number of nitrogens with zero attached hydrogens (tertiary/aromatic N) is 6. The summed E-state index contributed by atoms with van der Waals surface area (Å²) < 4.78 is 46.8. The van der Waals surface area contributed by atoms with E-state index in [0.29, 0.717) is 46.7 Å². The number of rotatable bonds is 9. The molecule has 5 rings (SSSR count). The zero-order chi connectivity index (χ0) is 27.7. The van der Waals surface area contributed by atoms with Crippen molar-refractivity contribution in [3.63, 3.8) is 0 Å². The lowest BCUT2D eigenvalue weighted by atomic mass is 10.1. The molecule has 0 spiro atoms. The van der Waals surface area contributed by atoms with Gasteiger partial charge in [-0.25, -0.2) is 24.9 Å². The van der Waals surface area contributed by atoms with E-state index in [1.54, 1.807) is 18.3 Å². The van der Waals surface area contributed by atoms with Crippen LogP contribution in [0.25, 0.3) is 22.8 Å². The van der Waals surface area contributed by atoms with Crippen molar-refractivity contribution in [3.8, 4) is 28.7 Å². The molecule has 39 heavy (non-hydrogen) atoms. The highest BCUT2D eigenvalue weighted by molar-refractivity contribution is 5.67. The van der Waals surface area contributed by atoms with Gasteiger partial charge in [0.15, 0.2) is 11.5 Å². The van der Waals surface area contributed by atoms with Crippen molar-refractivity contribution in [1.29, 1.82) is 0 Å². The smallest absolute Gasteiger partial charge is 0.434 e. The van der Waals surface area contributed by atoms with E-state index in [-0.39, 0.29) is 18.5 Å². The summed E-state index contributed by atoms with van der Waals surface area (Å²) in [6.07, 6.45) is 1.60.